The first kappa shape index (κ1) is 18.9. The van der Waals surface area contributed by atoms with E-state index < -0.39 is 5.97 Å². The Balaban J connectivity index is 3.55. The number of carboxylic acid groups (broad SMARTS) is 1. The second kappa shape index (κ2) is 12.9. The van der Waals surface area contributed by atoms with Crippen LogP contribution < -0.4 is 11.1 Å². The van der Waals surface area contributed by atoms with E-state index in [4.69, 9.17) is 10.8 Å². The maximum atomic E-state index is 11.6. The topological polar surface area (TPSA) is 92.4 Å². The van der Waals surface area contributed by atoms with Crippen LogP contribution in [0.3, 0.4) is 0 Å². The Kier molecular flexibility index (Phi) is 12.2. The van der Waals surface area contributed by atoms with Crippen LogP contribution in [0.4, 0.5) is 0 Å². The molecule has 0 saturated carbocycles. The molecular weight excluding hydrogens is 256 g/mol. The summed E-state index contributed by atoms with van der Waals surface area (Å²) >= 11 is 0. The second-order valence-electron chi connectivity index (χ2n) is 5.30. The van der Waals surface area contributed by atoms with Crippen LogP contribution in [-0.2, 0) is 9.59 Å². The van der Waals surface area contributed by atoms with Crippen LogP contribution in [0.1, 0.15) is 64.7 Å². The predicted octanol–water partition coefficient (Wildman–Crippen LogP) is 2.29. The van der Waals surface area contributed by atoms with E-state index in [-0.39, 0.29) is 12.3 Å². The van der Waals surface area contributed by atoms with Gasteiger partial charge in [0.05, 0.1) is 0 Å². The Hall–Kier alpha value is -1.10. The lowest BCUT2D eigenvalue weighted by Crippen LogP contribution is -2.25. The van der Waals surface area contributed by atoms with Gasteiger partial charge in [-0.3, -0.25) is 9.59 Å². The molecule has 0 bridgehead atoms. The Bertz CT molecular complexity index is 270. The number of rotatable bonds is 13. The van der Waals surface area contributed by atoms with Gasteiger partial charge in [-0.15, -0.1) is 0 Å². The van der Waals surface area contributed by atoms with Gasteiger partial charge in [0.2, 0.25) is 5.91 Å². The summed E-state index contributed by atoms with van der Waals surface area (Å²) in [6, 6.07) is 0. The molecule has 0 saturated heterocycles. The molecule has 0 spiro atoms. The number of carboxylic acids is 1. The third kappa shape index (κ3) is 12.0. The summed E-state index contributed by atoms with van der Waals surface area (Å²) in [5, 5.41) is 11.6. The van der Waals surface area contributed by atoms with Gasteiger partial charge in [0, 0.05) is 19.4 Å². The van der Waals surface area contributed by atoms with Crippen LogP contribution in [0.15, 0.2) is 0 Å². The van der Waals surface area contributed by atoms with Gasteiger partial charge in [0.1, 0.15) is 0 Å². The fourth-order valence-electron chi connectivity index (χ4n) is 2.17. The summed E-state index contributed by atoms with van der Waals surface area (Å²) < 4.78 is 0. The van der Waals surface area contributed by atoms with E-state index in [1.807, 2.05) is 0 Å². The minimum atomic E-state index is -0.745. The van der Waals surface area contributed by atoms with Crippen molar-refractivity contribution in [3.05, 3.63) is 0 Å². The summed E-state index contributed by atoms with van der Waals surface area (Å²) in [6.45, 7) is 3.44. The number of hydrogen-bond donors (Lipinski definition) is 3. The van der Waals surface area contributed by atoms with E-state index >= 15 is 0 Å². The zero-order valence-electron chi connectivity index (χ0n) is 12.7. The standard InChI is InChI=1S/C15H30N2O3/c1-2-13(8-9-15(19)20)10-12-17-14(18)7-5-3-4-6-11-16/h13H,2-12,16H2,1H3,(H,17,18)(H,19,20). The molecule has 0 radical (unpaired) electrons. The molecule has 0 aliphatic carbocycles. The molecule has 0 fully saturated rings. The normalized spacial score (nSPS) is 12.1. The fraction of sp³-hybridized carbons (Fsp3) is 0.867. The number of unbranched alkanes of at least 4 members (excludes halogenated alkanes) is 3. The van der Waals surface area contributed by atoms with Crippen LogP contribution in [0.2, 0.25) is 0 Å². The van der Waals surface area contributed by atoms with Crippen molar-refractivity contribution in [2.24, 2.45) is 11.7 Å². The molecule has 20 heavy (non-hydrogen) atoms. The third-order valence-corrected chi connectivity index (χ3v) is 3.58. The van der Waals surface area contributed by atoms with Gasteiger partial charge in [0.15, 0.2) is 0 Å². The Morgan fingerprint density at radius 3 is 2.40 bits per heavy atom. The van der Waals surface area contributed by atoms with Crippen molar-refractivity contribution >= 4 is 11.9 Å². The third-order valence-electron chi connectivity index (χ3n) is 3.58. The Morgan fingerprint density at radius 1 is 1.10 bits per heavy atom. The smallest absolute Gasteiger partial charge is 0.303 e. The van der Waals surface area contributed by atoms with Gasteiger partial charge in [-0.05, 0) is 38.1 Å². The van der Waals surface area contributed by atoms with Crippen LogP contribution in [-0.4, -0.2) is 30.1 Å². The molecule has 1 unspecified atom stereocenters. The van der Waals surface area contributed by atoms with Gasteiger partial charge in [-0.2, -0.15) is 0 Å². The highest BCUT2D eigenvalue weighted by molar-refractivity contribution is 5.75. The number of carbonyl (C=O) groups excluding carboxylic acids is 1. The highest BCUT2D eigenvalue weighted by Gasteiger charge is 2.09. The highest BCUT2D eigenvalue weighted by Crippen LogP contribution is 2.14. The van der Waals surface area contributed by atoms with Gasteiger partial charge < -0.3 is 16.2 Å². The minimum Gasteiger partial charge on any atom is -0.481 e. The molecule has 0 aromatic carbocycles. The van der Waals surface area contributed by atoms with E-state index in [0.717, 1.165) is 45.1 Å². The molecule has 0 aliphatic rings. The molecule has 0 aromatic rings. The summed E-state index contributed by atoms with van der Waals surface area (Å²) in [4.78, 5) is 22.1. The average molecular weight is 286 g/mol. The number of nitrogens with two attached hydrogens (primary N) is 1. The zero-order chi connectivity index (χ0) is 15.2. The van der Waals surface area contributed by atoms with Crippen molar-refractivity contribution in [1.82, 2.24) is 5.32 Å². The van der Waals surface area contributed by atoms with Crippen LogP contribution in [0.5, 0.6) is 0 Å². The molecule has 5 heteroatoms. The van der Waals surface area contributed by atoms with Crippen molar-refractivity contribution in [2.75, 3.05) is 13.1 Å². The van der Waals surface area contributed by atoms with E-state index in [0.29, 0.717) is 25.3 Å². The molecule has 5 nitrogen and oxygen atoms in total. The van der Waals surface area contributed by atoms with Crippen molar-refractivity contribution in [3.8, 4) is 0 Å². The number of carbonyl (C=O) groups is 2. The number of hydrogen-bond acceptors (Lipinski definition) is 3. The molecule has 0 heterocycles. The molecule has 0 aliphatic heterocycles. The average Bonchev–Trinajstić information content (AvgIpc) is 2.42. The highest BCUT2D eigenvalue weighted by atomic mass is 16.4. The second-order valence-corrected chi connectivity index (χ2v) is 5.30. The van der Waals surface area contributed by atoms with Crippen LogP contribution >= 0.6 is 0 Å². The fourth-order valence-corrected chi connectivity index (χ4v) is 2.17. The molecule has 0 rings (SSSR count). The van der Waals surface area contributed by atoms with Gasteiger partial charge in [-0.1, -0.05) is 26.2 Å². The van der Waals surface area contributed by atoms with Gasteiger partial charge in [-0.25, -0.2) is 0 Å². The van der Waals surface area contributed by atoms with Crippen molar-refractivity contribution in [1.29, 1.82) is 0 Å². The summed E-state index contributed by atoms with van der Waals surface area (Å²) in [5.41, 5.74) is 5.40. The van der Waals surface area contributed by atoms with E-state index in [2.05, 4.69) is 12.2 Å². The molecular formula is C15H30N2O3. The zero-order valence-corrected chi connectivity index (χ0v) is 12.7. The van der Waals surface area contributed by atoms with Gasteiger partial charge in [0.25, 0.3) is 0 Å². The first-order valence-electron chi connectivity index (χ1n) is 7.78. The SMILES string of the molecule is CCC(CCNC(=O)CCCCCCN)CCC(=O)O. The molecule has 118 valence electrons. The van der Waals surface area contributed by atoms with Gasteiger partial charge >= 0.3 is 5.97 Å². The molecule has 1 amide bonds. The lowest BCUT2D eigenvalue weighted by Gasteiger charge is -2.14. The van der Waals surface area contributed by atoms with Crippen molar-refractivity contribution in [3.63, 3.8) is 0 Å². The van der Waals surface area contributed by atoms with E-state index in [9.17, 15) is 9.59 Å². The first-order chi connectivity index (χ1) is 9.60. The monoisotopic (exact) mass is 286 g/mol. The molecule has 0 aromatic heterocycles. The summed E-state index contributed by atoms with van der Waals surface area (Å²) in [7, 11) is 0. The van der Waals surface area contributed by atoms with Crippen molar-refractivity contribution < 1.29 is 14.7 Å². The lowest BCUT2D eigenvalue weighted by atomic mass is 9.96. The maximum Gasteiger partial charge on any atom is 0.303 e. The van der Waals surface area contributed by atoms with Crippen LogP contribution in [0.25, 0.3) is 0 Å². The van der Waals surface area contributed by atoms with Crippen LogP contribution in [0, 0.1) is 5.92 Å². The number of nitrogens with one attached hydrogen (secondary N) is 1. The Morgan fingerprint density at radius 2 is 1.80 bits per heavy atom. The summed E-state index contributed by atoms with van der Waals surface area (Å²) in [6.07, 6.45) is 7.42. The minimum absolute atomic E-state index is 0.103. The maximum absolute atomic E-state index is 11.6. The largest absolute Gasteiger partial charge is 0.481 e. The van der Waals surface area contributed by atoms with Crippen molar-refractivity contribution in [2.45, 2.75) is 64.7 Å². The molecule has 4 N–H and O–H groups in total. The number of amides is 1. The lowest BCUT2D eigenvalue weighted by molar-refractivity contribution is -0.137. The number of aliphatic carboxylic acids is 1. The first-order valence-corrected chi connectivity index (χ1v) is 7.78. The molecule has 1 atom stereocenters. The quantitative estimate of drug-likeness (QED) is 0.453. The predicted molar refractivity (Wildman–Crippen MR) is 80.4 cm³/mol. The Labute approximate surface area is 122 Å². The van der Waals surface area contributed by atoms with E-state index in [1.165, 1.54) is 0 Å². The van der Waals surface area contributed by atoms with E-state index in [1.54, 1.807) is 0 Å². The summed E-state index contributed by atoms with van der Waals surface area (Å²) in [5.74, 6) is -0.258.